The predicted molar refractivity (Wildman–Crippen MR) is 86.6 cm³/mol. The first-order valence-electron chi connectivity index (χ1n) is 6.80. The van der Waals surface area contributed by atoms with Gasteiger partial charge in [0.15, 0.2) is 0 Å². The molecule has 0 bridgehead atoms. The fourth-order valence-electron chi connectivity index (χ4n) is 1.89. The van der Waals surface area contributed by atoms with Gasteiger partial charge in [-0.1, -0.05) is 43.6 Å². The Hall–Kier alpha value is -1.03. The van der Waals surface area contributed by atoms with E-state index < -0.39 is 0 Å². The van der Waals surface area contributed by atoms with E-state index in [0.29, 0.717) is 17.5 Å². The molecular weight excluding hydrogens is 290 g/mol. The monoisotopic (exact) mass is 309 g/mol. The summed E-state index contributed by atoms with van der Waals surface area (Å²) < 4.78 is 5.91. The van der Waals surface area contributed by atoms with Crippen LogP contribution < -0.4 is 10.1 Å². The average molecular weight is 310 g/mol. The van der Waals surface area contributed by atoms with E-state index in [0.717, 1.165) is 24.4 Å². The lowest BCUT2D eigenvalue weighted by Crippen LogP contribution is -2.19. The second-order valence-electron chi connectivity index (χ2n) is 5.12. The molecule has 0 saturated carbocycles. The molecule has 2 nitrogen and oxygen atoms in total. The molecule has 1 N–H and O–H groups in total. The molecule has 4 heteroatoms. The average Bonchev–Trinajstić information content (AvgIpc) is 2.90. The summed E-state index contributed by atoms with van der Waals surface area (Å²) in [5.41, 5.74) is 1.11. The molecular formula is C16H20ClNOS. The molecule has 0 fully saturated rings. The normalized spacial score (nSPS) is 11.0. The van der Waals surface area contributed by atoms with E-state index in [4.69, 9.17) is 16.3 Å². The highest BCUT2D eigenvalue weighted by Crippen LogP contribution is 2.29. The molecule has 0 spiro atoms. The number of benzene rings is 1. The van der Waals surface area contributed by atoms with E-state index in [9.17, 15) is 0 Å². The topological polar surface area (TPSA) is 21.3 Å². The van der Waals surface area contributed by atoms with Crippen molar-refractivity contribution in [3.63, 3.8) is 0 Å². The lowest BCUT2D eigenvalue weighted by molar-refractivity contribution is 0.305. The maximum Gasteiger partial charge on any atom is 0.142 e. The molecule has 20 heavy (non-hydrogen) atoms. The van der Waals surface area contributed by atoms with Gasteiger partial charge in [0.1, 0.15) is 12.4 Å². The molecule has 0 radical (unpaired) electrons. The van der Waals surface area contributed by atoms with E-state index in [1.807, 2.05) is 18.2 Å². The molecule has 0 atom stereocenters. The van der Waals surface area contributed by atoms with Gasteiger partial charge < -0.3 is 10.1 Å². The third-order valence-corrected chi connectivity index (χ3v) is 4.00. The van der Waals surface area contributed by atoms with Crippen LogP contribution in [0.25, 0.3) is 0 Å². The standard InChI is InChI=1S/C16H20ClNOS/c1-12(2)9-18-10-13-5-3-7-15(17)16(13)19-11-14-6-4-8-20-14/h3-8,12,18H,9-11H2,1-2H3. The second kappa shape index (κ2) is 7.67. The molecule has 2 rings (SSSR count). The minimum Gasteiger partial charge on any atom is -0.486 e. The number of halogens is 1. The van der Waals surface area contributed by atoms with Gasteiger partial charge in [0, 0.05) is 17.0 Å². The highest BCUT2D eigenvalue weighted by atomic mass is 35.5. The van der Waals surface area contributed by atoms with Crippen molar-refractivity contribution < 1.29 is 4.74 Å². The predicted octanol–water partition coefficient (Wildman–Crippen LogP) is 4.73. The van der Waals surface area contributed by atoms with Crippen LogP contribution in [0.2, 0.25) is 5.02 Å². The second-order valence-corrected chi connectivity index (χ2v) is 6.56. The van der Waals surface area contributed by atoms with Crippen molar-refractivity contribution in [1.82, 2.24) is 5.32 Å². The van der Waals surface area contributed by atoms with Gasteiger partial charge in [0.2, 0.25) is 0 Å². The van der Waals surface area contributed by atoms with Crippen LogP contribution in [0, 0.1) is 5.92 Å². The lowest BCUT2D eigenvalue weighted by atomic mass is 10.2. The minimum atomic E-state index is 0.568. The maximum atomic E-state index is 6.26. The number of hydrogen-bond donors (Lipinski definition) is 1. The van der Waals surface area contributed by atoms with E-state index in [-0.39, 0.29) is 0 Å². The van der Waals surface area contributed by atoms with Crippen LogP contribution in [0.3, 0.4) is 0 Å². The van der Waals surface area contributed by atoms with Gasteiger partial charge in [-0.15, -0.1) is 11.3 Å². The Labute approximate surface area is 129 Å². The number of thiophene rings is 1. The van der Waals surface area contributed by atoms with Gasteiger partial charge in [-0.3, -0.25) is 0 Å². The van der Waals surface area contributed by atoms with Crippen molar-refractivity contribution in [3.05, 3.63) is 51.2 Å². The van der Waals surface area contributed by atoms with Crippen molar-refractivity contribution in [2.75, 3.05) is 6.54 Å². The van der Waals surface area contributed by atoms with E-state index in [1.165, 1.54) is 4.88 Å². The van der Waals surface area contributed by atoms with Gasteiger partial charge in [0.25, 0.3) is 0 Å². The third kappa shape index (κ3) is 4.51. The molecule has 0 aliphatic carbocycles. The van der Waals surface area contributed by atoms with Crippen molar-refractivity contribution in [2.45, 2.75) is 27.0 Å². The summed E-state index contributed by atoms with van der Waals surface area (Å²) in [6.45, 7) is 6.71. The van der Waals surface area contributed by atoms with Crippen LogP contribution in [0.1, 0.15) is 24.3 Å². The summed E-state index contributed by atoms with van der Waals surface area (Å²) >= 11 is 7.95. The molecule has 1 aromatic heterocycles. The molecule has 1 aromatic carbocycles. The lowest BCUT2D eigenvalue weighted by Gasteiger charge is -2.14. The zero-order chi connectivity index (χ0) is 14.4. The maximum absolute atomic E-state index is 6.26. The molecule has 0 saturated heterocycles. The summed E-state index contributed by atoms with van der Waals surface area (Å²) in [7, 11) is 0. The first-order chi connectivity index (χ1) is 9.66. The molecule has 1 heterocycles. The highest BCUT2D eigenvalue weighted by molar-refractivity contribution is 7.09. The van der Waals surface area contributed by atoms with Crippen LogP contribution in [0.4, 0.5) is 0 Å². The fourth-order valence-corrected chi connectivity index (χ4v) is 2.75. The SMILES string of the molecule is CC(C)CNCc1cccc(Cl)c1OCc1cccs1. The van der Waals surface area contributed by atoms with E-state index >= 15 is 0 Å². The first-order valence-corrected chi connectivity index (χ1v) is 8.06. The van der Waals surface area contributed by atoms with Crippen molar-refractivity contribution >= 4 is 22.9 Å². The zero-order valence-corrected chi connectivity index (χ0v) is 13.4. The Morgan fingerprint density at radius 1 is 1.25 bits per heavy atom. The molecule has 0 unspecified atom stereocenters. The Balaban J connectivity index is 2.01. The highest BCUT2D eigenvalue weighted by Gasteiger charge is 2.09. The smallest absolute Gasteiger partial charge is 0.142 e. The molecule has 108 valence electrons. The summed E-state index contributed by atoms with van der Waals surface area (Å²) in [6.07, 6.45) is 0. The van der Waals surface area contributed by atoms with Crippen molar-refractivity contribution in [1.29, 1.82) is 0 Å². The molecule has 2 aromatic rings. The van der Waals surface area contributed by atoms with Gasteiger partial charge in [-0.25, -0.2) is 0 Å². The largest absolute Gasteiger partial charge is 0.486 e. The minimum absolute atomic E-state index is 0.568. The number of nitrogens with one attached hydrogen (secondary N) is 1. The Morgan fingerprint density at radius 2 is 2.10 bits per heavy atom. The number of para-hydroxylation sites is 1. The Kier molecular flexibility index (Phi) is 5.89. The quantitative estimate of drug-likeness (QED) is 0.798. The van der Waals surface area contributed by atoms with Gasteiger partial charge in [-0.05, 0) is 30.0 Å². The third-order valence-electron chi connectivity index (χ3n) is 2.86. The Morgan fingerprint density at radius 3 is 2.80 bits per heavy atom. The van der Waals surface area contributed by atoms with E-state index in [1.54, 1.807) is 11.3 Å². The zero-order valence-electron chi connectivity index (χ0n) is 11.9. The molecule has 0 aliphatic rings. The number of hydrogen-bond acceptors (Lipinski definition) is 3. The van der Waals surface area contributed by atoms with Gasteiger partial charge in [0.05, 0.1) is 5.02 Å². The van der Waals surface area contributed by atoms with Crippen molar-refractivity contribution in [3.8, 4) is 5.75 Å². The van der Waals surface area contributed by atoms with Crippen LogP contribution in [-0.4, -0.2) is 6.54 Å². The number of rotatable bonds is 7. The Bertz CT molecular complexity index is 525. The van der Waals surface area contributed by atoms with Gasteiger partial charge in [-0.2, -0.15) is 0 Å². The summed E-state index contributed by atoms with van der Waals surface area (Å²) in [6, 6.07) is 9.99. The van der Waals surface area contributed by atoms with Crippen LogP contribution in [0.5, 0.6) is 5.75 Å². The van der Waals surface area contributed by atoms with Crippen LogP contribution in [0.15, 0.2) is 35.7 Å². The summed E-state index contributed by atoms with van der Waals surface area (Å²) in [5, 5.41) is 6.15. The summed E-state index contributed by atoms with van der Waals surface area (Å²) in [4.78, 5) is 1.20. The van der Waals surface area contributed by atoms with E-state index in [2.05, 4.69) is 36.7 Å². The fraction of sp³-hybridized carbons (Fsp3) is 0.375. The van der Waals surface area contributed by atoms with Gasteiger partial charge >= 0.3 is 0 Å². The summed E-state index contributed by atoms with van der Waals surface area (Å²) in [5.74, 6) is 1.42. The molecule has 0 aliphatic heterocycles. The molecule has 0 amide bonds. The van der Waals surface area contributed by atoms with Crippen molar-refractivity contribution in [2.24, 2.45) is 5.92 Å². The van der Waals surface area contributed by atoms with Crippen LogP contribution in [-0.2, 0) is 13.2 Å². The first kappa shape index (κ1) is 15.4. The number of ether oxygens (including phenoxy) is 1. The van der Waals surface area contributed by atoms with Crippen LogP contribution >= 0.6 is 22.9 Å².